The van der Waals surface area contributed by atoms with Crippen LogP contribution in [0.2, 0.25) is 0 Å². The number of methoxy groups -OCH3 is 1. The van der Waals surface area contributed by atoms with Crippen molar-refractivity contribution in [2.24, 2.45) is 0 Å². The SMILES string of the molecule is COC(=O)c1ccc(NC(=O)Cc2nc(-c3ccccc3F)oc2C)cc1. The van der Waals surface area contributed by atoms with E-state index in [0.29, 0.717) is 22.7 Å². The number of hydrogen-bond acceptors (Lipinski definition) is 5. The molecule has 138 valence electrons. The average Bonchev–Trinajstić information content (AvgIpc) is 3.02. The van der Waals surface area contributed by atoms with Crippen molar-refractivity contribution in [2.75, 3.05) is 12.4 Å². The van der Waals surface area contributed by atoms with Crippen molar-refractivity contribution in [3.63, 3.8) is 0 Å². The zero-order valence-corrected chi connectivity index (χ0v) is 14.8. The summed E-state index contributed by atoms with van der Waals surface area (Å²) in [6.45, 7) is 1.67. The molecule has 2 aromatic carbocycles. The number of anilines is 1. The van der Waals surface area contributed by atoms with Crippen molar-refractivity contribution in [3.8, 4) is 11.5 Å². The summed E-state index contributed by atoms with van der Waals surface area (Å²) in [6, 6.07) is 12.5. The number of benzene rings is 2. The van der Waals surface area contributed by atoms with Gasteiger partial charge >= 0.3 is 5.97 Å². The molecular weight excluding hydrogens is 351 g/mol. The van der Waals surface area contributed by atoms with Crippen LogP contribution in [0.25, 0.3) is 11.5 Å². The fourth-order valence-electron chi connectivity index (χ4n) is 2.51. The summed E-state index contributed by atoms with van der Waals surface area (Å²) in [5.41, 5.74) is 1.59. The van der Waals surface area contributed by atoms with Gasteiger partial charge in [0, 0.05) is 5.69 Å². The number of oxazole rings is 1. The second-order valence-corrected chi connectivity index (χ2v) is 5.80. The number of esters is 1. The number of rotatable bonds is 5. The molecule has 0 spiro atoms. The highest BCUT2D eigenvalue weighted by Gasteiger charge is 2.17. The minimum absolute atomic E-state index is 0.0253. The predicted octanol–water partition coefficient (Wildman–Crippen LogP) is 3.76. The summed E-state index contributed by atoms with van der Waals surface area (Å²) in [4.78, 5) is 27.9. The number of hydrogen-bond donors (Lipinski definition) is 1. The van der Waals surface area contributed by atoms with Crippen LogP contribution in [0.3, 0.4) is 0 Å². The van der Waals surface area contributed by atoms with Crippen molar-refractivity contribution in [1.82, 2.24) is 4.98 Å². The molecule has 0 saturated carbocycles. The van der Waals surface area contributed by atoms with Crippen LogP contribution < -0.4 is 5.32 Å². The molecule has 1 heterocycles. The van der Waals surface area contributed by atoms with E-state index in [9.17, 15) is 14.0 Å². The fraction of sp³-hybridized carbons (Fsp3) is 0.150. The van der Waals surface area contributed by atoms with Gasteiger partial charge in [-0.2, -0.15) is 0 Å². The predicted molar refractivity (Wildman–Crippen MR) is 96.7 cm³/mol. The number of halogens is 1. The lowest BCUT2D eigenvalue weighted by atomic mass is 10.2. The average molecular weight is 368 g/mol. The summed E-state index contributed by atoms with van der Waals surface area (Å²) in [6.07, 6.45) is -0.0253. The molecule has 1 amide bonds. The third-order valence-corrected chi connectivity index (χ3v) is 3.91. The van der Waals surface area contributed by atoms with Crippen molar-refractivity contribution in [2.45, 2.75) is 13.3 Å². The highest BCUT2D eigenvalue weighted by molar-refractivity contribution is 5.93. The summed E-state index contributed by atoms with van der Waals surface area (Å²) in [7, 11) is 1.30. The van der Waals surface area contributed by atoms with E-state index < -0.39 is 11.8 Å². The number of carbonyl (C=O) groups is 2. The first kappa shape index (κ1) is 18.3. The molecule has 0 saturated heterocycles. The molecule has 27 heavy (non-hydrogen) atoms. The number of carbonyl (C=O) groups excluding carboxylic acids is 2. The number of amides is 1. The molecule has 1 N–H and O–H groups in total. The molecule has 6 nitrogen and oxygen atoms in total. The topological polar surface area (TPSA) is 81.4 Å². The standard InChI is InChI=1S/C20H17FN2O4/c1-12-17(23-19(27-12)15-5-3-4-6-16(15)21)11-18(24)22-14-9-7-13(8-10-14)20(25)26-2/h3-10H,11H2,1-2H3,(H,22,24). The van der Waals surface area contributed by atoms with Crippen LogP contribution >= 0.6 is 0 Å². The van der Waals surface area contributed by atoms with Gasteiger partial charge in [0.05, 0.1) is 30.4 Å². The molecule has 7 heteroatoms. The van der Waals surface area contributed by atoms with Crippen LogP contribution in [0.5, 0.6) is 0 Å². The second kappa shape index (κ2) is 7.82. The largest absolute Gasteiger partial charge is 0.465 e. The van der Waals surface area contributed by atoms with Crippen LogP contribution in [0.1, 0.15) is 21.8 Å². The Morgan fingerprint density at radius 3 is 2.52 bits per heavy atom. The minimum atomic E-state index is -0.452. The Morgan fingerprint density at radius 1 is 1.15 bits per heavy atom. The van der Waals surface area contributed by atoms with Gasteiger partial charge in [-0.3, -0.25) is 4.79 Å². The molecule has 0 aliphatic rings. The normalized spacial score (nSPS) is 10.5. The van der Waals surface area contributed by atoms with E-state index in [4.69, 9.17) is 4.42 Å². The smallest absolute Gasteiger partial charge is 0.337 e. The second-order valence-electron chi connectivity index (χ2n) is 5.80. The summed E-state index contributed by atoms with van der Waals surface area (Å²) < 4.78 is 24.0. The van der Waals surface area contributed by atoms with Crippen molar-refractivity contribution >= 4 is 17.6 Å². The van der Waals surface area contributed by atoms with Gasteiger partial charge in [-0.25, -0.2) is 14.2 Å². The Labute approximate surface area is 155 Å². The van der Waals surface area contributed by atoms with Crippen LogP contribution in [-0.2, 0) is 16.0 Å². The highest BCUT2D eigenvalue weighted by Crippen LogP contribution is 2.24. The molecule has 0 bridgehead atoms. The Bertz CT molecular complexity index is 980. The third-order valence-electron chi connectivity index (χ3n) is 3.91. The van der Waals surface area contributed by atoms with Gasteiger partial charge in [0.15, 0.2) is 0 Å². The molecule has 0 aliphatic carbocycles. The van der Waals surface area contributed by atoms with E-state index in [1.807, 2.05) is 0 Å². The molecule has 1 aromatic heterocycles. The molecule has 0 atom stereocenters. The van der Waals surface area contributed by atoms with Gasteiger partial charge in [0.2, 0.25) is 11.8 Å². The minimum Gasteiger partial charge on any atom is -0.465 e. The van der Waals surface area contributed by atoms with Gasteiger partial charge in [-0.1, -0.05) is 12.1 Å². The van der Waals surface area contributed by atoms with Gasteiger partial charge in [-0.05, 0) is 43.3 Å². The maximum atomic E-state index is 13.9. The van der Waals surface area contributed by atoms with Crippen LogP contribution in [-0.4, -0.2) is 24.0 Å². The first-order valence-electron chi connectivity index (χ1n) is 8.17. The van der Waals surface area contributed by atoms with Crippen molar-refractivity contribution in [3.05, 3.63) is 71.4 Å². The first-order valence-corrected chi connectivity index (χ1v) is 8.17. The number of nitrogens with zero attached hydrogens (tertiary/aromatic N) is 1. The maximum absolute atomic E-state index is 13.9. The third kappa shape index (κ3) is 4.20. The molecule has 3 aromatic rings. The Hall–Kier alpha value is -3.48. The van der Waals surface area contributed by atoms with Gasteiger partial charge in [0.25, 0.3) is 0 Å². The molecule has 0 fully saturated rings. The lowest BCUT2D eigenvalue weighted by Gasteiger charge is -2.05. The molecule has 0 radical (unpaired) electrons. The fourth-order valence-corrected chi connectivity index (χ4v) is 2.51. The van der Waals surface area contributed by atoms with E-state index >= 15 is 0 Å². The molecule has 0 aliphatic heterocycles. The van der Waals surface area contributed by atoms with E-state index in [1.165, 1.54) is 13.2 Å². The van der Waals surface area contributed by atoms with E-state index in [1.54, 1.807) is 49.4 Å². The van der Waals surface area contributed by atoms with Crippen LogP contribution in [0, 0.1) is 12.7 Å². The Balaban J connectivity index is 1.69. The lowest BCUT2D eigenvalue weighted by molar-refractivity contribution is -0.115. The number of ether oxygens (including phenoxy) is 1. The highest BCUT2D eigenvalue weighted by atomic mass is 19.1. The lowest BCUT2D eigenvalue weighted by Crippen LogP contribution is -2.15. The van der Waals surface area contributed by atoms with Crippen LogP contribution in [0.15, 0.2) is 52.9 Å². The van der Waals surface area contributed by atoms with Gasteiger partial charge < -0.3 is 14.5 Å². The van der Waals surface area contributed by atoms with Crippen molar-refractivity contribution in [1.29, 1.82) is 0 Å². The maximum Gasteiger partial charge on any atom is 0.337 e. The van der Waals surface area contributed by atoms with Crippen LogP contribution in [0.4, 0.5) is 10.1 Å². The quantitative estimate of drug-likeness (QED) is 0.694. The Morgan fingerprint density at radius 2 is 1.85 bits per heavy atom. The van der Waals surface area contributed by atoms with E-state index in [2.05, 4.69) is 15.0 Å². The summed E-state index contributed by atoms with van der Waals surface area (Å²) in [5, 5.41) is 2.72. The zero-order chi connectivity index (χ0) is 19.4. The summed E-state index contributed by atoms with van der Waals surface area (Å²) in [5.74, 6) is -0.621. The van der Waals surface area contributed by atoms with Crippen molar-refractivity contribution < 1.29 is 23.1 Å². The summed E-state index contributed by atoms with van der Waals surface area (Å²) >= 11 is 0. The van der Waals surface area contributed by atoms with E-state index in [-0.39, 0.29) is 23.8 Å². The molecule has 3 rings (SSSR count). The number of aryl methyl sites for hydroxylation is 1. The number of nitrogens with one attached hydrogen (secondary N) is 1. The first-order chi connectivity index (χ1) is 13.0. The van der Waals surface area contributed by atoms with Gasteiger partial charge in [0.1, 0.15) is 11.6 Å². The molecular formula is C20H17FN2O4. The van der Waals surface area contributed by atoms with E-state index in [0.717, 1.165) is 0 Å². The Kier molecular flexibility index (Phi) is 5.30. The monoisotopic (exact) mass is 368 g/mol. The zero-order valence-electron chi connectivity index (χ0n) is 14.8. The molecule has 0 unspecified atom stereocenters. The number of aromatic nitrogens is 1. The van der Waals surface area contributed by atoms with Gasteiger partial charge in [-0.15, -0.1) is 0 Å².